The number of sulfonamides is 1. The van der Waals surface area contributed by atoms with Gasteiger partial charge in [-0.2, -0.15) is 0 Å². The van der Waals surface area contributed by atoms with Crippen LogP contribution in [0.4, 0.5) is 0 Å². The number of ketones is 1. The van der Waals surface area contributed by atoms with Gasteiger partial charge in [0, 0.05) is 35.7 Å². The molecule has 1 aliphatic rings. The maximum atomic E-state index is 12.7. The van der Waals surface area contributed by atoms with Gasteiger partial charge >= 0.3 is 0 Å². The number of morpholine rings is 1. The van der Waals surface area contributed by atoms with Crippen LogP contribution in [0.1, 0.15) is 21.7 Å². The van der Waals surface area contributed by atoms with E-state index in [2.05, 4.69) is 4.90 Å². The van der Waals surface area contributed by atoms with Gasteiger partial charge in [-0.05, 0) is 44.2 Å². The molecule has 0 unspecified atom stereocenters. The Morgan fingerprint density at radius 2 is 1.77 bits per heavy atom. The Hall–Kier alpha value is -2.00. The molecule has 0 aliphatic carbocycles. The number of hydrogen-bond donors (Lipinski definition) is 1. The molecule has 8 heteroatoms. The molecule has 0 amide bonds. The van der Waals surface area contributed by atoms with Crippen LogP contribution in [0.25, 0.3) is 5.69 Å². The summed E-state index contributed by atoms with van der Waals surface area (Å²) >= 11 is 0. The molecule has 0 spiro atoms. The van der Waals surface area contributed by atoms with Crippen LogP contribution in [0, 0.1) is 13.8 Å². The third-order valence-corrected chi connectivity index (χ3v) is 5.56. The Morgan fingerprint density at radius 1 is 1.15 bits per heavy atom. The summed E-state index contributed by atoms with van der Waals surface area (Å²) in [6.07, 6.45) is 0. The number of ether oxygens (including phenoxy) is 1. The minimum atomic E-state index is -3.73. The predicted molar refractivity (Wildman–Crippen MR) is 98.2 cm³/mol. The molecule has 3 rings (SSSR count). The van der Waals surface area contributed by atoms with Crippen LogP contribution in [0.2, 0.25) is 0 Å². The van der Waals surface area contributed by atoms with E-state index in [9.17, 15) is 13.2 Å². The van der Waals surface area contributed by atoms with Gasteiger partial charge in [-0.1, -0.05) is 0 Å². The minimum absolute atomic E-state index is 0.0623. The lowest BCUT2D eigenvalue weighted by Crippen LogP contribution is -2.39. The number of benzene rings is 1. The molecule has 0 saturated carbocycles. The van der Waals surface area contributed by atoms with Crippen LogP contribution in [-0.2, 0) is 14.8 Å². The van der Waals surface area contributed by atoms with Gasteiger partial charge in [0.1, 0.15) is 0 Å². The maximum Gasteiger partial charge on any atom is 0.238 e. The van der Waals surface area contributed by atoms with Gasteiger partial charge in [-0.3, -0.25) is 9.69 Å². The van der Waals surface area contributed by atoms with E-state index in [1.165, 1.54) is 12.1 Å². The minimum Gasteiger partial charge on any atom is -0.379 e. The smallest absolute Gasteiger partial charge is 0.238 e. The summed E-state index contributed by atoms with van der Waals surface area (Å²) in [5.41, 5.74) is 3.22. The van der Waals surface area contributed by atoms with Crippen molar-refractivity contribution in [2.45, 2.75) is 18.7 Å². The van der Waals surface area contributed by atoms with Crippen LogP contribution in [-0.4, -0.2) is 56.5 Å². The first-order valence-electron chi connectivity index (χ1n) is 8.43. The molecular weight excluding hydrogens is 354 g/mol. The molecule has 2 heterocycles. The molecule has 1 aromatic heterocycles. The number of aryl methyl sites for hydroxylation is 1. The summed E-state index contributed by atoms with van der Waals surface area (Å²) in [5, 5.41) is 5.15. The van der Waals surface area contributed by atoms with Gasteiger partial charge in [0.25, 0.3) is 0 Å². The summed E-state index contributed by atoms with van der Waals surface area (Å²) in [6, 6.07) is 8.20. The molecule has 2 aromatic rings. The van der Waals surface area contributed by atoms with Crippen molar-refractivity contribution in [1.82, 2.24) is 9.47 Å². The summed E-state index contributed by atoms with van der Waals surface area (Å²) in [6.45, 7) is 7.03. The van der Waals surface area contributed by atoms with E-state index in [1.54, 1.807) is 12.1 Å². The molecule has 1 fully saturated rings. The predicted octanol–water partition coefficient (Wildman–Crippen LogP) is 1.26. The van der Waals surface area contributed by atoms with Crippen molar-refractivity contribution in [3.05, 3.63) is 47.3 Å². The number of carbonyl (C=O) groups excluding carboxylic acids is 1. The fraction of sp³-hybridized carbons (Fsp3) is 0.389. The molecular formula is C18H23N3O4S. The summed E-state index contributed by atoms with van der Waals surface area (Å²) in [5.74, 6) is 0.0763. The van der Waals surface area contributed by atoms with Crippen molar-refractivity contribution >= 4 is 15.8 Å². The molecule has 0 radical (unpaired) electrons. The average Bonchev–Trinajstić information content (AvgIpc) is 2.90. The number of nitrogens with zero attached hydrogens (tertiary/aromatic N) is 2. The number of nitrogens with two attached hydrogens (primary N) is 1. The molecule has 26 heavy (non-hydrogen) atoms. The quantitative estimate of drug-likeness (QED) is 0.792. The Balaban J connectivity index is 1.86. The second-order valence-electron chi connectivity index (χ2n) is 6.47. The summed E-state index contributed by atoms with van der Waals surface area (Å²) in [4.78, 5) is 14.9. The Labute approximate surface area is 153 Å². The number of hydrogen-bond acceptors (Lipinski definition) is 5. The van der Waals surface area contributed by atoms with Crippen molar-refractivity contribution in [3.8, 4) is 5.69 Å². The monoisotopic (exact) mass is 377 g/mol. The van der Waals surface area contributed by atoms with Gasteiger partial charge in [0.2, 0.25) is 10.0 Å². The zero-order valence-electron chi connectivity index (χ0n) is 14.9. The molecule has 0 atom stereocenters. The highest BCUT2D eigenvalue weighted by Crippen LogP contribution is 2.22. The molecule has 1 aliphatic heterocycles. The standard InChI is InChI=1S/C18H23N3O4S/c1-13-11-17(18(22)12-20-7-9-25-10-8-20)14(2)21(13)15-3-5-16(6-4-15)26(19,23)24/h3-6,11H,7-10,12H2,1-2H3,(H2,19,23,24). The lowest BCUT2D eigenvalue weighted by Gasteiger charge is -2.25. The lowest BCUT2D eigenvalue weighted by atomic mass is 10.1. The van der Waals surface area contributed by atoms with Crippen molar-refractivity contribution in [2.75, 3.05) is 32.8 Å². The van der Waals surface area contributed by atoms with E-state index < -0.39 is 10.0 Å². The number of primary sulfonamides is 1. The highest BCUT2D eigenvalue weighted by atomic mass is 32.2. The summed E-state index contributed by atoms with van der Waals surface area (Å²) < 4.78 is 30.1. The maximum absolute atomic E-state index is 12.7. The van der Waals surface area contributed by atoms with E-state index in [-0.39, 0.29) is 10.7 Å². The van der Waals surface area contributed by atoms with Crippen LogP contribution < -0.4 is 5.14 Å². The van der Waals surface area contributed by atoms with Gasteiger partial charge in [0.05, 0.1) is 24.7 Å². The van der Waals surface area contributed by atoms with E-state index >= 15 is 0 Å². The van der Waals surface area contributed by atoms with Crippen molar-refractivity contribution < 1.29 is 17.9 Å². The highest BCUT2D eigenvalue weighted by Gasteiger charge is 2.20. The SMILES string of the molecule is Cc1cc(C(=O)CN2CCOCC2)c(C)n1-c1ccc(S(N)(=O)=O)cc1. The third kappa shape index (κ3) is 3.88. The fourth-order valence-electron chi connectivity index (χ4n) is 3.27. The van der Waals surface area contributed by atoms with Gasteiger partial charge in [-0.25, -0.2) is 13.6 Å². The van der Waals surface area contributed by atoms with Gasteiger partial charge in [-0.15, -0.1) is 0 Å². The topological polar surface area (TPSA) is 94.6 Å². The Morgan fingerprint density at radius 3 is 2.35 bits per heavy atom. The summed E-state index contributed by atoms with van der Waals surface area (Å²) in [7, 11) is -3.73. The van der Waals surface area contributed by atoms with Crippen LogP contribution >= 0.6 is 0 Å². The molecule has 7 nitrogen and oxygen atoms in total. The van der Waals surface area contributed by atoms with E-state index in [0.717, 1.165) is 30.2 Å². The van der Waals surface area contributed by atoms with Crippen molar-refractivity contribution in [2.24, 2.45) is 5.14 Å². The fourth-order valence-corrected chi connectivity index (χ4v) is 3.79. The second kappa shape index (κ2) is 7.32. The average molecular weight is 377 g/mol. The van der Waals surface area contributed by atoms with Crippen LogP contribution in [0.5, 0.6) is 0 Å². The first-order valence-corrected chi connectivity index (χ1v) is 9.97. The normalized spacial score (nSPS) is 16.0. The first-order chi connectivity index (χ1) is 12.3. The molecule has 1 saturated heterocycles. The second-order valence-corrected chi connectivity index (χ2v) is 8.03. The molecule has 140 valence electrons. The third-order valence-electron chi connectivity index (χ3n) is 4.63. The number of rotatable bonds is 5. The van der Waals surface area contributed by atoms with Crippen molar-refractivity contribution in [1.29, 1.82) is 0 Å². The van der Waals surface area contributed by atoms with E-state index in [0.29, 0.717) is 25.3 Å². The van der Waals surface area contributed by atoms with Crippen molar-refractivity contribution in [3.63, 3.8) is 0 Å². The van der Waals surface area contributed by atoms with Gasteiger partial charge in [0.15, 0.2) is 5.78 Å². The Bertz CT molecular complexity index is 911. The van der Waals surface area contributed by atoms with E-state index in [4.69, 9.17) is 9.88 Å². The lowest BCUT2D eigenvalue weighted by molar-refractivity contribution is 0.0371. The van der Waals surface area contributed by atoms with Crippen LogP contribution in [0.3, 0.4) is 0 Å². The zero-order chi connectivity index (χ0) is 18.9. The first kappa shape index (κ1) is 18.8. The zero-order valence-corrected chi connectivity index (χ0v) is 15.8. The van der Waals surface area contributed by atoms with Crippen LogP contribution in [0.15, 0.2) is 35.2 Å². The highest BCUT2D eigenvalue weighted by molar-refractivity contribution is 7.89. The molecule has 2 N–H and O–H groups in total. The number of Topliss-reactive ketones (excluding diaryl/α,β-unsaturated/α-hetero) is 1. The Kier molecular flexibility index (Phi) is 5.29. The van der Waals surface area contributed by atoms with Gasteiger partial charge < -0.3 is 9.30 Å². The number of carbonyl (C=O) groups is 1. The largest absolute Gasteiger partial charge is 0.379 e. The van der Waals surface area contributed by atoms with E-state index in [1.807, 2.05) is 24.5 Å². The number of aromatic nitrogens is 1. The molecule has 0 bridgehead atoms. The molecule has 1 aromatic carbocycles.